The lowest BCUT2D eigenvalue weighted by atomic mass is 9.94. The van der Waals surface area contributed by atoms with Crippen LogP contribution >= 0.6 is 27.3 Å². The number of benzene rings is 1. The Hall–Kier alpha value is -1.93. The van der Waals surface area contributed by atoms with Crippen LogP contribution in [0.25, 0.3) is 0 Å². The summed E-state index contributed by atoms with van der Waals surface area (Å²) in [6.45, 7) is 0. The number of nitrogens with one attached hydrogen (secondary N) is 2. The molecule has 1 saturated carbocycles. The fraction of sp³-hybridized carbons (Fsp3) is 0.389. The van der Waals surface area contributed by atoms with Gasteiger partial charge in [0.25, 0.3) is 0 Å². The maximum absolute atomic E-state index is 13.0. The second-order valence-corrected chi connectivity index (χ2v) is 8.93. The summed E-state index contributed by atoms with van der Waals surface area (Å²) in [4.78, 5) is 31.3. The maximum atomic E-state index is 13.0. The molecule has 1 heterocycles. The molecule has 0 saturated heterocycles. The number of halogens is 1. The Balaban J connectivity index is 1.82. The number of aromatic nitrogens is 1. The van der Waals surface area contributed by atoms with Gasteiger partial charge in [-0.1, -0.05) is 24.2 Å². The van der Waals surface area contributed by atoms with Gasteiger partial charge >= 0.3 is 6.03 Å². The lowest BCUT2D eigenvalue weighted by molar-refractivity contribution is 0.0924. The fourth-order valence-corrected chi connectivity index (χ4v) is 4.20. The molecule has 2 amide bonds. The summed E-state index contributed by atoms with van der Waals surface area (Å²) in [6, 6.07) is 5.12. The monoisotopic (exact) mass is 436 g/mol. The van der Waals surface area contributed by atoms with Crippen LogP contribution in [0.1, 0.15) is 36.0 Å². The predicted molar refractivity (Wildman–Crippen MR) is 110 cm³/mol. The Morgan fingerprint density at radius 1 is 1.23 bits per heavy atom. The van der Waals surface area contributed by atoms with E-state index in [9.17, 15) is 9.59 Å². The molecule has 1 aromatic carbocycles. The number of urea groups is 1. The zero-order valence-electron chi connectivity index (χ0n) is 14.7. The van der Waals surface area contributed by atoms with Gasteiger partial charge in [0.05, 0.1) is 15.7 Å². The standard InChI is InChI=1S/C18H21BrN4O2S/c1-23(2)12-7-8-14(13(9-12)16(24)11-5-3-4-6-11)21-17(25)22-18-20-10-15(19)26-18/h7-11H,3-6H2,1-2H3,(H2,20,21,22,25). The van der Waals surface area contributed by atoms with Gasteiger partial charge in [-0.05, 0) is 47.0 Å². The van der Waals surface area contributed by atoms with Crippen molar-refractivity contribution in [3.63, 3.8) is 0 Å². The van der Waals surface area contributed by atoms with Crippen LogP contribution in [-0.2, 0) is 0 Å². The quantitative estimate of drug-likeness (QED) is 0.647. The third-order valence-electron chi connectivity index (χ3n) is 4.46. The normalized spacial score (nSPS) is 14.3. The van der Waals surface area contributed by atoms with Gasteiger partial charge in [0.1, 0.15) is 0 Å². The minimum absolute atomic E-state index is 0.0472. The van der Waals surface area contributed by atoms with Gasteiger partial charge in [-0.25, -0.2) is 9.78 Å². The SMILES string of the molecule is CN(C)c1ccc(NC(=O)Nc2ncc(Br)s2)c(C(=O)C2CCCC2)c1. The van der Waals surface area contributed by atoms with Crippen molar-refractivity contribution < 1.29 is 9.59 Å². The first-order chi connectivity index (χ1) is 12.4. The number of nitrogens with zero attached hydrogens (tertiary/aromatic N) is 2. The Bertz CT molecular complexity index is 815. The second-order valence-electron chi connectivity index (χ2n) is 6.52. The summed E-state index contributed by atoms with van der Waals surface area (Å²) < 4.78 is 0.834. The molecule has 6 nitrogen and oxygen atoms in total. The molecule has 0 atom stereocenters. The van der Waals surface area contributed by atoms with Crippen molar-refractivity contribution in [2.45, 2.75) is 25.7 Å². The zero-order chi connectivity index (χ0) is 18.7. The van der Waals surface area contributed by atoms with Crippen molar-refractivity contribution in [2.75, 3.05) is 29.6 Å². The van der Waals surface area contributed by atoms with Crippen LogP contribution < -0.4 is 15.5 Å². The number of carbonyl (C=O) groups is 2. The molecule has 1 aliphatic rings. The smallest absolute Gasteiger partial charge is 0.325 e. The van der Waals surface area contributed by atoms with Gasteiger partial charge < -0.3 is 10.2 Å². The lowest BCUT2D eigenvalue weighted by Gasteiger charge is -2.18. The van der Waals surface area contributed by atoms with Gasteiger partial charge in [0.2, 0.25) is 0 Å². The Morgan fingerprint density at radius 3 is 2.58 bits per heavy atom. The Labute approximate surface area is 165 Å². The maximum Gasteiger partial charge on any atom is 0.325 e. The largest absolute Gasteiger partial charge is 0.378 e. The van der Waals surface area contributed by atoms with Gasteiger partial charge in [0.15, 0.2) is 10.9 Å². The number of hydrogen-bond donors (Lipinski definition) is 2. The van der Waals surface area contributed by atoms with Gasteiger partial charge in [-0.3, -0.25) is 10.1 Å². The first-order valence-corrected chi connectivity index (χ1v) is 10.1. The van der Waals surface area contributed by atoms with E-state index in [2.05, 4.69) is 31.5 Å². The molecule has 2 N–H and O–H groups in total. The summed E-state index contributed by atoms with van der Waals surface area (Å²) in [6.07, 6.45) is 5.65. The van der Waals surface area contributed by atoms with Crippen LogP contribution in [-0.4, -0.2) is 30.9 Å². The van der Waals surface area contributed by atoms with E-state index in [1.807, 2.05) is 31.1 Å². The molecule has 26 heavy (non-hydrogen) atoms. The van der Waals surface area contributed by atoms with E-state index in [0.29, 0.717) is 16.4 Å². The molecule has 1 aliphatic carbocycles. The van der Waals surface area contributed by atoms with Gasteiger partial charge in [-0.15, -0.1) is 0 Å². The predicted octanol–water partition coefficient (Wildman–Crippen LogP) is 4.99. The highest BCUT2D eigenvalue weighted by molar-refractivity contribution is 9.11. The first-order valence-electron chi connectivity index (χ1n) is 8.49. The van der Waals surface area contributed by atoms with E-state index >= 15 is 0 Å². The van der Waals surface area contributed by atoms with Crippen molar-refractivity contribution in [2.24, 2.45) is 5.92 Å². The summed E-state index contributed by atoms with van der Waals surface area (Å²) in [7, 11) is 3.86. The van der Waals surface area contributed by atoms with Gasteiger partial charge in [0, 0.05) is 31.3 Å². The van der Waals surface area contributed by atoms with Crippen molar-refractivity contribution in [3.05, 3.63) is 33.7 Å². The van der Waals surface area contributed by atoms with E-state index in [-0.39, 0.29) is 11.7 Å². The number of anilines is 3. The molecular weight excluding hydrogens is 416 g/mol. The molecular formula is C18H21BrN4O2S. The minimum atomic E-state index is -0.412. The number of amides is 2. The highest BCUT2D eigenvalue weighted by Gasteiger charge is 2.26. The van der Waals surface area contributed by atoms with E-state index in [1.165, 1.54) is 11.3 Å². The van der Waals surface area contributed by atoms with Crippen LogP contribution in [0.15, 0.2) is 28.2 Å². The highest BCUT2D eigenvalue weighted by Crippen LogP contribution is 2.32. The van der Waals surface area contributed by atoms with Crippen molar-refractivity contribution in [1.82, 2.24) is 4.98 Å². The Kier molecular flexibility index (Phi) is 5.93. The fourth-order valence-electron chi connectivity index (χ4n) is 3.09. The number of Topliss-reactive ketones (excluding diaryl/α,β-unsaturated/α-hetero) is 1. The summed E-state index contributed by atoms with van der Waals surface area (Å²) in [5.41, 5.74) is 2.03. The van der Waals surface area contributed by atoms with Crippen LogP contribution in [0.4, 0.5) is 21.3 Å². The zero-order valence-corrected chi connectivity index (χ0v) is 17.1. The van der Waals surface area contributed by atoms with Gasteiger partial charge in [-0.2, -0.15) is 0 Å². The molecule has 0 unspecified atom stereocenters. The minimum Gasteiger partial charge on any atom is -0.378 e. The van der Waals surface area contributed by atoms with Crippen molar-refractivity contribution in [1.29, 1.82) is 0 Å². The average molecular weight is 437 g/mol. The molecule has 0 spiro atoms. The third kappa shape index (κ3) is 4.42. The van der Waals surface area contributed by atoms with E-state index in [1.54, 1.807) is 12.3 Å². The molecule has 3 rings (SSSR count). The molecule has 8 heteroatoms. The van der Waals surface area contributed by atoms with E-state index in [0.717, 1.165) is 35.2 Å². The van der Waals surface area contributed by atoms with Crippen molar-refractivity contribution >= 4 is 55.6 Å². The Morgan fingerprint density at radius 2 is 1.96 bits per heavy atom. The molecule has 1 fully saturated rings. The van der Waals surface area contributed by atoms with Crippen LogP contribution in [0.3, 0.4) is 0 Å². The molecule has 0 aliphatic heterocycles. The average Bonchev–Trinajstić information content (AvgIpc) is 3.26. The highest BCUT2D eigenvalue weighted by atomic mass is 79.9. The van der Waals surface area contributed by atoms with Crippen LogP contribution in [0.5, 0.6) is 0 Å². The van der Waals surface area contributed by atoms with Crippen LogP contribution in [0, 0.1) is 5.92 Å². The number of carbonyl (C=O) groups excluding carboxylic acids is 2. The van der Waals surface area contributed by atoms with E-state index < -0.39 is 6.03 Å². The number of thiazole rings is 1. The topological polar surface area (TPSA) is 74.3 Å². The number of ketones is 1. The molecule has 2 aromatic rings. The molecule has 0 bridgehead atoms. The second kappa shape index (κ2) is 8.18. The lowest BCUT2D eigenvalue weighted by Crippen LogP contribution is -2.22. The molecule has 0 radical (unpaired) electrons. The molecule has 1 aromatic heterocycles. The summed E-state index contributed by atoms with van der Waals surface area (Å²) >= 11 is 4.64. The number of hydrogen-bond acceptors (Lipinski definition) is 5. The number of rotatable bonds is 5. The van der Waals surface area contributed by atoms with E-state index in [4.69, 9.17) is 0 Å². The summed E-state index contributed by atoms with van der Waals surface area (Å²) in [5.74, 6) is 0.157. The van der Waals surface area contributed by atoms with Crippen molar-refractivity contribution in [3.8, 4) is 0 Å². The third-order valence-corrected chi connectivity index (χ3v) is 5.85. The molecule has 138 valence electrons. The first kappa shape index (κ1) is 18.8. The van der Waals surface area contributed by atoms with Crippen LogP contribution in [0.2, 0.25) is 0 Å². The summed E-state index contributed by atoms with van der Waals surface area (Å²) in [5, 5.41) is 5.98.